The average Bonchev–Trinajstić information content (AvgIpc) is 2.43. The van der Waals surface area contributed by atoms with Crippen molar-refractivity contribution in [2.24, 2.45) is 11.7 Å². The van der Waals surface area contributed by atoms with E-state index in [1.54, 1.807) is 0 Å². The van der Waals surface area contributed by atoms with Gasteiger partial charge < -0.3 is 20.5 Å². The fourth-order valence-corrected chi connectivity index (χ4v) is 2.11. The van der Waals surface area contributed by atoms with Crippen molar-refractivity contribution in [2.75, 3.05) is 26.3 Å². The summed E-state index contributed by atoms with van der Waals surface area (Å²) in [5, 5.41) is 3.46. The van der Waals surface area contributed by atoms with Crippen LogP contribution >= 0.6 is 0 Å². The molecule has 0 saturated heterocycles. The number of ether oxygens (including phenoxy) is 2. The molecule has 1 aliphatic heterocycles. The van der Waals surface area contributed by atoms with Gasteiger partial charge in [-0.15, -0.1) is 0 Å². The van der Waals surface area contributed by atoms with E-state index in [0.717, 1.165) is 37.6 Å². The highest BCUT2D eigenvalue weighted by Gasteiger charge is 2.13. The molecule has 2 rings (SSSR count). The number of nitrogens with two attached hydrogens (primary N) is 1. The van der Waals surface area contributed by atoms with Gasteiger partial charge in [-0.3, -0.25) is 0 Å². The number of fused-ring (bicyclic) bond motifs is 1. The summed E-state index contributed by atoms with van der Waals surface area (Å²) < 4.78 is 11.2. The fourth-order valence-electron chi connectivity index (χ4n) is 2.11. The molecule has 0 bridgehead atoms. The molecule has 0 radical (unpaired) electrons. The Bertz CT molecular complexity index is 421. The Morgan fingerprint density at radius 3 is 2.63 bits per heavy atom. The molecule has 0 aliphatic carbocycles. The molecular formula is C15H24N2O2. The van der Waals surface area contributed by atoms with Crippen molar-refractivity contribution in [2.45, 2.75) is 26.8 Å². The van der Waals surface area contributed by atoms with Crippen LogP contribution in [-0.2, 0) is 6.54 Å². The molecule has 1 aromatic rings. The summed E-state index contributed by atoms with van der Waals surface area (Å²) in [5.41, 5.74) is 8.12. The first-order valence-electron chi connectivity index (χ1n) is 7.00. The van der Waals surface area contributed by atoms with Crippen LogP contribution in [0.1, 0.15) is 24.5 Å². The Morgan fingerprint density at radius 2 is 1.95 bits per heavy atom. The molecule has 0 saturated carbocycles. The Hall–Kier alpha value is -1.26. The molecule has 1 aliphatic rings. The highest BCUT2D eigenvalue weighted by atomic mass is 16.6. The minimum Gasteiger partial charge on any atom is -0.486 e. The van der Waals surface area contributed by atoms with Gasteiger partial charge in [0.25, 0.3) is 0 Å². The van der Waals surface area contributed by atoms with E-state index in [0.29, 0.717) is 19.1 Å². The van der Waals surface area contributed by atoms with Gasteiger partial charge in [-0.2, -0.15) is 0 Å². The minimum atomic E-state index is 0.578. The van der Waals surface area contributed by atoms with Crippen LogP contribution in [0.5, 0.6) is 11.5 Å². The van der Waals surface area contributed by atoms with Gasteiger partial charge in [-0.1, -0.05) is 6.92 Å². The van der Waals surface area contributed by atoms with E-state index in [2.05, 4.69) is 31.3 Å². The van der Waals surface area contributed by atoms with Gasteiger partial charge in [0.2, 0.25) is 0 Å². The molecule has 4 heteroatoms. The van der Waals surface area contributed by atoms with Crippen molar-refractivity contribution in [3.05, 3.63) is 23.3 Å². The molecule has 0 amide bonds. The smallest absolute Gasteiger partial charge is 0.161 e. The van der Waals surface area contributed by atoms with Gasteiger partial charge in [-0.05, 0) is 55.6 Å². The molecule has 4 nitrogen and oxygen atoms in total. The largest absolute Gasteiger partial charge is 0.486 e. The molecule has 1 atom stereocenters. The van der Waals surface area contributed by atoms with Crippen LogP contribution in [0.15, 0.2) is 12.1 Å². The van der Waals surface area contributed by atoms with E-state index in [1.165, 1.54) is 11.1 Å². The minimum absolute atomic E-state index is 0.578. The first kappa shape index (κ1) is 14.2. The summed E-state index contributed by atoms with van der Waals surface area (Å²) in [6.45, 7) is 8.17. The van der Waals surface area contributed by atoms with Crippen LogP contribution in [0, 0.1) is 12.8 Å². The van der Waals surface area contributed by atoms with Gasteiger partial charge >= 0.3 is 0 Å². The first-order valence-corrected chi connectivity index (χ1v) is 7.00. The predicted molar refractivity (Wildman–Crippen MR) is 76.7 cm³/mol. The number of aryl methyl sites for hydroxylation is 1. The summed E-state index contributed by atoms with van der Waals surface area (Å²) >= 11 is 0. The lowest BCUT2D eigenvalue weighted by atomic mass is 10.1. The zero-order chi connectivity index (χ0) is 13.7. The SMILES string of the molecule is Cc1cc2c(cc1CNCCC(C)CN)OCCO2. The van der Waals surface area contributed by atoms with Crippen LogP contribution in [0.25, 0.3) is 0 Å². The molecular weight excluding hydrogens is 240 g/mol. The molecule has 0 fully saturated rings. The predicted octanol–water partition coefficient (Wildman–Crippen LogP) is 1.84. The lowest BCUT2D eigenvalue weighted by molar-refractivity contribution is 0.171. The van der Waals surface area contributed by atoms with E-state index in [1.807, 2.05) is 0 Å². The third kappa shape index (κ3) is 3.85. The molecule has 1 heterocycles. The van der Waals surface area contributed by atoms with E-state index in [4.69, 9.17) is 15.2 Å². The quantitative estimate of drug-likeness (QED) is 0.770. The van der Waals surface area contributed by atoms with E-state index in [9.17, 15) is 0 Å². The lowest BCUT2D eigenvalue weighted by Gasteiger charge is -2.20. The van der Waals surface area contributed by atoms with Crippen LogP contribution in [0.2, 0.25) is 0 Å². The molecule has 19 heavy (non-hydrogen) atoms. The second-order valence-electron chi connectivity index (χ2n) is 5.23. The van der Waals surface area contributed by atoms with E-state index in [-0.39, 0.29) is 0 Å². The number of benzene rings is 1. The van der Waals surface area contributed by atoms with Crippen molar-refractivity contribution in [3.8, 4) is 11.5 Å². The standard InChI is InChI=1S/C15H24N2O2/c1-11(9-16)3-4-17-10-13-8-15-14(7-12(13)2)18-5-6-19-15/h7-8,11,17H,3-6,9-10,16H2,1-2H3. The van der Waals surface area contributed by atoms with Crippen molar-refractivity contribution in [1.29, 1.82) is 0 Å². The summed E-state index contributed by atoms with van der Waals surface area (Å²) in [4.78, 5) is 0. The second-order valence-corrected chi connectivity index (χ2v) is 5.23. The van der Waals surface area contributed by atoms with Gasteiger partial charge in [0.05, 0.1) is 0 Å². The summed E-state index contributed by atoms with van der Waals surface area (Å²) in [7, 11) is 0. The number of hydrogen-bond acceptors (Lipinski definition) is 4. The monoisotopic (exact) mass is 264 g/mol. The number of rotatable bonds is 6. The lowest BCUT2D eigenvalue weighted by Crippen LogP contribution is -2.21. The third-order valence-corrected chi connectivity index (χ3v) is 3.53. The van der Waals surface area contributed by atoms with Gasteiger partial charge in [0.15, 0.2) is 11.5 Å². The summed E-state index contributed by atoms with van der Waals surface area (Å²) in [6, 6.07) is 4.15. The van der Waals surface area contributed by atoms with Crippen molar-refractivity contribution in [1.82, 2.24) is 5.32 Å². The molecule has 3 N–H and O–H groups in total. The van der Waals surface area contributed by atoms with Crippen molar-refractivity contribution >= 4 is 0 Å². The van der Waals surface area contributed by atoms with Crippen LogP contribution in [-0.4, -0.2) is 26.3 Å². The summed E-state index contributed by atoms with van der Waals surface area (Å²) in [6.07, 6.45) is 1.11. The van der Waals surface area contributed by atoms with Crippen LogP contribution < -0.4 is 20.5 Å². The maximum atomic E-state index is 5.61. The average molecular weight is 264 g/mol. The third-order valence-electron chi connectivity index (χ3n) is 3.53. The van der Waals surface area contributed by atoms with Crippen LogP contribution in [0.4, 0.5) is 0 Å². The zero-order valence-corrected chi connectivity index (χ0v) is 11.9. The van der Waals surface area contributed by atoms with Gasteiger partial charge in [0, 0.05) is 6.54 Å². The Balaban J connectivity index is 1.89. The second kappa shape index (κ2) is 6.78. The Labute approximate surface area is 115 Å². The van der Waals surface area contributed by atoms with Gasteiger partial charge in [-0.25, -0.2) is 0 Å². The number of hydrogen-bond donors (Lipinski definition) is 2. The molecule has 1 unspecified atom stereocenters. The Morgan fingerprint density at radius 1 is 1.26 bits per heavy atom. The molecule has 1 aromatic carbocycles. The molecule has 0 aromatic heterocycles. The normalized spacial score (nSPS) is 15.3. The van der Waals surface area contributed by atoms with Crippen LogP contribution in [0.3, 0.4) is 0 Å². The van der Waals surface area contributed by atoms with Gasteiger partial charge in [0.1, 0.15) is 13.2 Å². The molecule has 0 spiro atoms. The Kier molecular flexibility index (Phi) is 5.05. The van der Waals surface area contributed by atoms with E-state index < -0.39 is 0 Å². The highest BCUT2D eigenvalue weighted by Crippen LogP contribution is 2.32. The number of nitrogens with one attached hydrogen (secondary N) is 1. The highest BCUT2D eigenvalue weighted by molar-refractivity contribution is 5.47. The molecule has 106 valence electrons. The van der Waals surface area contributed by atoms with Crippen molar-refractivity contribution in [3.63, 3.8) is 0 Å². The van der Waals surface area contributed by atoms with Crippen molar-refractivity contribution < 1.29 is 9.47 Å². The zero-order valence-electron chi connectivity index (χ0n) is 11.9. The maximum absolute atomic E-state index is 5.61. The summed E-state index contributed by atoms with van der Waals surface area (Å²) in [5.74, 6) is 2.31. The maximum Gasteiger partial charge on any atom is 0.161 e. The first-order chi connectivity index (χ1) is 9.20. The van der Waals surface area contributed by atoms with E-state index >= 15 is 0 Å². The fraction of sp³-hybridized carbons (Fsp3) is 0.600. The topological polar surface area (TPSA) is 56.5 Å².